The first-order valence-electron chi connectivity index (χ1n) is 11.5. The lowest BCUT2D eigenvalue weighted by Gasteiger charge is -2.23. The molecule has 2 N–H and O–H groups in total. The summed E-state index contributed by atoms with van der Waals surface area (Å²) in [6.45, 7) is 5.69. The Labute approximate surface area is 184 Å². The minimum atomic E-state index is -0.0460. The van der Waals surface area contributed by atoms with E-state index in [1.807, 2.05) is 10.7 Å². The highest BCUT2D eigenvalue weighted by atomic mass is 16.5. The molecule has 7 nitrogen and oxygen atoms in total. The van der Waals surface area contributed by atoms with Gasteiger partial charge < -0.3 is 20.1 Å². The molecule has 4 rings (SSSR count). The molecule has 3 atom stereocenters. The maximum absolute atomic E-state index is 6.21. The zero-order chi connectivity index (χ0) is 21.6. The molecule has 0 radical (unpaired) electrons. The van der Waals surface area contributed by atoms with Crippen molar-refractivity contribution in [2.45, 2.75) is 77.2 Å². The van der Waals surface area contributed by atoms with Gasteiger partial charge in [-0.2, -0.15) is 10.2 Å². The maximum atomic E-state index is 6.21. The van der Waals surface area contributed by atoms with Crippen molar-refractivity contribution in [1.29, 1.82) is 0 Å². The molecule has 2 aliphatic rings. The minimum Gasteiger partial charge on any atom is -0.491 e. The maximum Gasteiger partial charge on any atom is 0.150 e. The van der Waals surface area contributed by atoms with Crippen molar-refractivity contribution >= 4 is 22.7 Å². The van der Waals surface area contributed by atoms with Crippen LogP contribution in [0.15, 0.2) is 29.4 Å². The summed E-state index contributed by atoms with van der Waals surface area (Å²) in [5, 5.41) is 9.85. The number of hydrazone groups is 1. The molecule has 3 heterocycles. The number of rotatable bonds is 2. The molecule has 1 aromatic carbocycles. The third kappa shape index (κ3) is 5.28. The van der Waals surface area contributed by atoms with Gasteiger partial charge in [0.05, 0.1) is 30.5 Å². The monoisotopic (exact) mass is 426 g/mol. The first kappa shape index (κ1) is 21.8. The van der Waals surface area contributed by atoms with E-state index >= 15 is 0 Å². The Balaban J connectivity index is 1.78. The van der Waals surface area contributed by atoms with Gasteiger partial charge in [0.25, 0.3) is 0 Å². The number of fused-ring (bicyclic) bond motifs is 1. The fourth-order valence-electron chi connectivity index (χ4n) is 4.31. The van der Waals surface area contributed by atoms with E-state index in [-0.39, 0.29) is 18.4 Å². The van der Waals surface area contributed by atoms with Gasteiger partial charge >= 0.3 is 0 Å². The van der Waals surface area contributed by atoms with E-state index in [2.05, 4.69) is 37.2 Å². The van der Waals surface area contributed by atoms with Gasteiger partial charge in [0, 0.05) is 24.0 Å². The van der Waals surface area contributed by atoms with Crippen molar-refractivity contribution in [1.82, 2.24) is 9.78 Å². The van der Waals surface area contributed by atoms with Crippen LogP contribution in [0.3, 0.4) is 0 Å². The second-order valence-electron chi connectivity index (χ2n) is 8.56. The first-order valence-corrected chi connectivity index (χ1v) is 11.5. The Kier molecular flexibility index (Phi) is 7.25. The molecule has 1 saturated heterocycles. The van der Waals surface area contributed by atoms with Crippen LogP contribution in [0.5, 0.6) is 5.75 Å². The number of hydrogen-bond donors (Lipinski definition) is 1. The van der Waals surface area contributed by atoms with E-state index in [9.17, 15) is 0 Å². The Morgan fingerprint density at radius 1 is 1.06 bits per heavy atom. The third-order valence-electron chi connectivity index (χ3n) is 6.04. The molecule has 2 aromatic rings. The van der Waals surface area contributed by atoms with Gasteiger partial charge in [-0.3, -0.25) is 0 Å². The van der Waals surface area contributed by atoms with Crippen LogP contribution in [0, 0.1) is 0 Å². The zero-order valence-electron chi connectivity index (χ0n) is 18.6. The number of benzene rings is 1. The van der Waals surface area contributed by atoms with E-state index in [4.69, 9.17) is 25.2 Å². The lowest BCUT2D eigenvalue weighted by atomic mass is 10.1. The van der Waals surface area contributed by atoms with Crippen LogP contribution in [-0.4, -0.2) is 41.4 Å². The number of nitrogens with zero attached hydrogens (tertiary/aromatic N) is 3. The zero-order valence-corrected chi connectivity index (χ0v) is 18.6. The van der Waals surface area contributed by atoms with E-state index in [1.54, 1.807) is 6.21 Å². The molecule has 0 aliphatic carbocycles. The van der Waals surface area contributed by atoms with Crippen molar-refractivity contribution < 1.29 is 14.2 Å². The van der Waals surface area contributed by atoms with Crippen LogP contribution in [0.2, 0.25) is 0 Å². The molecule has 7 heteroatoms. The standard InChI is InChI=1S/C24H34N4O3/c1-17-7-3-4-8-19(16-26-25)24-21-15-20(31-18(2)12-14-29-17)10-11-22(21)28(27-24)23-9-5-6-13-30-23/h8,10-11,15-18,23H,3-7,9,12-14,25H2,1-2H3/b19-8+,26-16-/t17-,18+,23?/m0/s1. The second kappa shape index (κ2) is 10.3. The quantitative estimate of drug-likeness (QED) is 0.423. The van der Waals surface area contributed by atoms with Crippen LogP contribution in [0.4, 0.5) is 0 Å². The lowest BCUT2D eigenvalue weighted by Crippen LogP contribution is -2.19. The highest BCUT2D eigenvalue weighted by Crippen LogP contribution is 2.33. The minimum absolute atomic E-state index is 0.0460. The molecule has 0 spiro atoms. The van der Waals surface area contributed by atoms with Crippen LogP contribution >= 0.6 is 0 Å². The van der Waals surface area contributed by atoms with Gasteiger partial charge in [-0.05, 0) is 70.6 Å². The molecule has 2 aliphatic heterocycles. The number of nitrogens with two attached hydrogens (primary N) is 1. The van der Waals surface area contributed by atoms with E-state index < -0.39 is 0 Å². The number of allylic oxidation sites excluding steroid dienone is 2. The molecular formula is C24H34N4O3. The molecule has 1 aromatic heterocycles. The Hall–Kier alpha value is -2.38. The molecule has 1 unspecified atom stereocenters. The topological polar surface area (TPSA) is 83.9 Å². The summed E-state index contributed by atoms with van der Waals surface area (Å²) in [4.78, 5) is 0. The van der Waals surface area contributed by atoms with Crippen molar-refractivity contribution in [3.8, 4) is 5.75 Å². The Morgan fingerprint density at radius 2 is 1.97 bits per heavy atom. The predicted molar refractivity (Wildman–Crippen MR) is 123 cm³/mol. The summed E-state index contributed by atoms with van der Waals surface area (Å²) < 4.78 is 20.2. The average molecular weight is 427 g/mol. The summed E-state index contributed by atoms with van der Waals surface area (Å²) in [6.07, 6.45) is 11.1. The van der Waals surface area contributed by atoms with Crippen molar-refractivity contribution in [2.24, 2.45) is 10.9 Å². The highest BCUT2D eigenvalue weighted by Gasteiger charge is 2.23. The summed E-state index contributed by atoms with van der Waals surface area (Å²) in [7, 11) is 0. The van der Waals surface area contributed by atoms with Crippen LogP contribution in [-0.2, 0) is 9.47 Å². The van der Waals surface area contributed by atoms with Gasteiger partial charge in [0.15, 0.2) is 6.23 Å². The third-order valence-corrected chi connectivity index (χ3v) is 6.04. The van der Waals surface area contributed by atoms with Crippen LogP contribution < -0.4 is 10.6 Å². The predicted octanol–water partition coefficient (Wildman–Crippen LogP) is 4.81. The largest absolute Gasteiger partial charge is 0.491 e. The van der Waals surface area contributed by atoms with Crippen molar-refractivity contribution in [2.75, 3.05) is 13.2 Å². The van der Waals surface area contributed by atoms with Crippen molar-refractivity contribution in [3.05, 3.63) is 30.0 Å². The summed E-state index contributed by atoms with van der Waals surface area (Å²) in [5.41, 5.74) is 2.84. The number of aromatic nitrogens is 2. The average Bonchev–Trinajstić information content (AvgIpc) is 3.14. The molecular weight excluding hydrogens is 392 g/mol. The molecule has 31 heavy (non-hydrogen) atoms. The smallest absolute Gasteiger partial charge is 0.150 e. The fraction of sp³-hybridized carbons (Fsp3) is 0.583. The summed E-state index contributed by atoms with van der Waals surface area (Å²) in [5.74, 6) is 6.39. The molecule has 168 valence electrons. The van der Waals surface area contributed by atoms with Gasteiger partial charge in [-0.25, -0.2) is 4.68 Å². The van der Waals surface area contributed by atoms with E-state index in [0.29, 0.717) is 6.61 Å². The SMILES string of the molecule is C[C@@H]1CCO[C@@H](C)CCC/C=C(\C=N/N)c2nn(C3CCCCO3)c3ccc(cc23)O1. The molecule has 0 saturated carbocycles. The van der Waals surface area contributed by atoms with E-state index in [0.717, 1.165) is 79.5 Å². The second-order valence-corrected chi connectivity index (χ2v) is 8.56. The van der Waals surface area contributed by atoms with Crippen molar-refractivity contribution in [3.63, 3.8) is 0 Å². The summed E-state index contributed by atoms with van der Waals surface area (Å²) in [6, 6.07) is 6.18. The first-order chi connectivity index (χ1) is 15.2. The van der Waals surface area contributed by atoms with Gasteiger partial charge in [-0.15, -0.1) is 0 Å². The number of hydrogen-bond acceptors (Lipinski definition) is 6. The van der Waals surface area contributed by atoms with E-state index in [1.165, 1.54) is 0 Å². The molecule has 0 amide bonds. The Morgan fingerprint density at radius 3 is 2.77 bits per heavy atom. The normalized spacial score (nSPS) is 28.1. The van der Waals surface area contributed by atoms with Crippen LogP contribution in [0.1, 0.15) is 70.7 Å². The summed E-state index contributed by atoms with van der Waals surface area (Å²) >= 11 is 0. The fourth-order valence-corrected chi connectivity index (χ4v) is 4.31. The van der Waals surface area contributed by atoms with Gasteiger partial charge in [-0.1, -0.05) is 6.08 Å². The Bertz CT molecular complexity index is 930. The van der Waals surface area contributed by atoms with Gasteiger partial charge in [0.2, 0.25) is 0 Å². The molecule has 1 fully saturated rings. The highest BCUT2D eigenvalue weighted by molar-refractivity contribution is 6.13. The van der Waals surface area contributed by atoms with Crippen LogP contribution in [0.25, 0.3) is 16.5 Å². The number of ether oxygens (including phenoxy) is 3. The molecule has 2 bridgehead atoms. The lowest BCUT2D eigenvalue weighted by molar-refractivity contribution is -0.0367. The van der Waals surface area contributed by atoms with Gasteiger partial charge in [0.1, 0.15) is 11.4 Å².